The van der Waals surface area contributed by atoms with Crippen molar-refractivity contribution in [2.45, 2.75) is 19.0 Å². The van der Waals surface area contributed by atoms with Crippen molar-refractivity contribution in [3.8, 4) is 5.69 Å². The Morgan fingerprint density at radius 3 is 2.94 bits per heavy atom. The summed E-state index contributed by atoms with van der Waals surface area (Å²) in [5, 5.41) is 1.02. The molecular weight excluding hydrogens is 244 g/mol. The fourth-order valence-electron chi connectivity index (χ4n) is 1.75. The Hall–Kier alpha value is -1.26. The molecule has 0 spiro atoms. The number of aryl methyl sites for hydroxylation is 1. The monoisotopic (exact) mass is 262 g/mol. The molecule has 96 valence electrons. The quantitative estimate of drug-likeness (QED) is 0.590. The van der Waals surface area contributed by atoms with Gasteiger partial charge in [-0.3, -0.25) is 4.57 Å². The first-order chi connectivity index (χ1) is 8.83. The maximum absolute atomic E-state index is 5.34. The Morgan fingerprint density at radius 2 is 2.17 bits per heavy atom. The van der Waals surface area contributed by atoms with Gasteiger partial charge in [0.25, 0.3) is 0 Å². The first-order valence-electron chi connectivity index (χ1n) is 6.13. The van der Waals surface area contributed by atoms with E-state index in [9.17, 15) is 0 Å². The molecule has 0 aliphatic carbocycles. The van der Waals surface area contributed by atoms with Crippen LogP contribution in [0.2, 0.25) is 0 Å². The fraction of sp³-hybridized carbons (Fsp3) is 0.357. The van der Waals surface area contributed by atoms with Crippen molar-refractivity contribution in [1.82, 2.24) is 9.55 Å². The molecule has 18 heavy (non-hydrogen) atoms. The van der Waals surface area contributed by atoms with Crippen LogP contribution >= 0.6 is 11.8 Å². The molecule has 0 atom stereocenters. The summed E-state index contributed by atoms with van der Waals surface area (Å²) in [6.45, 7) is 5.66. The van der Waals surface area contributed by atoms with Gasteiger partial charge in [0.15, 0.2) is 5.16 Å². The maximum atomic E-state index is 5.34. The van der Waals surface area contributed by atoms with Crippen LogP contribution in [0, 0.1) is 6.92 Å². The second-order valence-corrected chi connectivity index (χ2v) is 4.97. The van der Waals surface area contributed by atoms with E-state index in [1.807, 2.05) is 19.3 Å². The van der Waals surface area contributed by atoms with Crippen LogP contribution in [0.15, 0.2) is 41.8 Å². The van der Waals surface area contributed by atoms with Crippen LogP contribution < -0.4 is 0 Å². The van der Waals surface area contributed by atoms with Gasteiger partial charge in [0.1, 0.15) is 0 Å². The zero-order valence-electron chi connectivity index (χ0n) is 10.8. The van der Waals surface area contributed by atoms with Gasteiger partial charge in [-0.2, -0.15) is 0 Å². The van der Waals surface area contributed by atoms with Crippen molar-refractivity contribution in [3.63, 3.8) is 0 Å². The highest BCUT2D eigenvalue weighted by Gasteiger charge is 2.07. The fourth-order valence-corrected chi connectivity index (χ4v) is 2.57. The van der Waals surface area contributed by atoms with Crippen LogP contribution in [0.3, 0.4) is 0 Å². The molecule has 1 heterocycles. The minimum absolute atomic E-state index is 0.766. The molecule has 2 rings (SSSR count). The molecule has 0 radical (unpaired) electrons. The molecule has 0 unspecified atom stereocenters. The number of aromatic nitrogens is 2. The lowest BCUT2D eigenvalue weighted by Gasteiger charge is -2.10. The van der Waals surface area contributed by atoms with E-state index in [2.05, 4.69) is 40.7 Å². The second-order valence-electron chi connectivity index (χ2n) is 3.91. The largest absolute Gasteiger partial charge is 0.381 e. The first-order valence-corrected chi connectivity index (χ1v) is 7.11. The van der Waals surface area contributed by atoms with Crippen LogP contribution in [0.25, 0.3) is 5.69 Å². The van der Waals surface area contributed by atoms with Crippen molar-refractivity contribution in [2.24, 2.45) is 0 Å². The summed E-state index contributed by atoms with van der Waals surface area (Å²) in [6.07, 6.45) is 3.85. The van der Waals surface area contributed by atoms with Gasteiger partial charge < -0.3 is 4.74 Å². The molecule has 0 bridgehead atoms. The van der Waals surface area contributed by atoms with Crippen molar-refractivity contribution in [1.29, 1.82) is 0 Å². The molecule has 0 amide bonds. The predicted octanol–water partition coefficient (Wildman–Crippen LogP) is 3.31. The lowest BCUT2D eigenvalue weighted by atomic mass is 10.2. The van der Waals surface area contributed by atoms with E-state index < -0.39 is 0 Å². The summed E-state index contributed by atoms with van der Waals surface area (Å²) in [4.78, 5) is 4.40. The van der Waals surface area contributed by atoms with Crippen LogP contribution in [0.1, 0.15) is 12.5 Å². The van der Waals surface area contributed by atoms with Crippen molar-refractivity contribution in [3.05, 3.63) is 42.2 Å². The van der Waals surface area contributed by atoms with Crippen LogP contribution in [-0.2, 0) is 4.74 Å². The van der Waals surface area contributed by atoms with Gasteiger partial charge in [0, 0.05) is 24.8 Å². The third-order valence-corrected chi connectivity index (χ3v) is 3.58. The number of ether oxygens (including phenoxy) is 1. The molecule has 1 aromatic carbocycles. The third-order valence-electron chi connectivity index (χ3n) is 2.64. The normalized spacial score (nSPS) is 10.8. The molecule has 3 nitrogen and oxygen atoms in total. The zero-order valence-corrected chi connectivity index (χ0v) is 11.6. The highest BCUT2D eigenvalue weighted by Crippen LogP contribution is 2.22. The van der Waals surface area contributed by atoms with Gasteiger partial charge >= 0.3 is 0 Å². The van der Waals surface area contributed by atoms with E-state index in [0.29, 0.717) is 0 Å². The number of thioether (sulfide) groups is 1. The minimum Gasteiger partial charge on any atom is -0.381 e. The third kappa shape index (κ3) is 3.15. The van der Waals surface area contributed by atoms with E-state index in [0.717, 1.165) is 24.1 Å². The van der Waals surface area contributed by atoms with Crippen molar-refractivity contribution >= 4 is 11.8 Å². The first kappa shape index (κ1) is 13.2. The molecule has 0 saturated heterocycles. The molecule has 0 N–H and O–H groups in total. The summed E-state index contributed by atoms with van der Waals surface area (Å²) in [5.74, 6) is 0.927. The minimum atomic E-state index is 0.766. The molecule has 4 heteroatoms. The Bertz CT molecular complexity index is 496. The molecule has 0 fully saturated rings. The summed E-state index contributed by atoms with van der Waals surface area (Å²) >= 11 is 1.72. The van der Waals surface area contributed by atoms with Gasteiger partial charge in [-0.05, 0) is 25.5 Å². The van der Waals surface area contributed by atoms with Crippen molar-refractivity contribution < 1.29 is 4.74 Å². The average Bonchev–Trinajstić information content (AvgIpc) is 2.83. The van der Waals surface area contributed by atoms with Gasteiger partial charge in [0.05, 0.1) is 12.3 Å². The Kier molecular flexibility index (Phi) is 4.84. The van der Waals surface area contributed by atoms with Crippen LogP contribution in [-0.4, -0.2) is 28.5 Å². The number of hydrogen-bond acceptors (Lipinski definition) is 3. The highest BCUT2D eigenvalue weighted by molar-refractivity contribution is 7.99. The Morgan fingerprint density at radius 1 is 1.33 bits per heavy atom. The molecule has 1 aromatic heterocycles. The topological polar surface area (TPSA) is 27.1 Å². The van der Waals surface area contributed by atoms with Gasteiger partial charge in [0.2, 0.25) is 0 Å². The van der Waals surface area contributed by atoms with E-state index in [1.54, 1.807) is 11.8 Å². The number of para-hydroxylation sites is 1. The van der Waals surface area contributed by atoms with E-state index in [4.69, 9.17) is 4.74 Å². The number of imidazole rings is 1. The SMILES string of the molecule is CCOCCSc1nccn1-c1ccccc1C. The van der Waals surface area contributed by atoms with E-state index in [1.165, 1.54) is 11.3 Å². The van der Waals surface area contributed by atoms with E-state index >= 15 is 0 Å². The van der Waals surface area contributed by atoms with Gasteiger partial charge in [-0.15, -0.1) is 0 Å². The lowest BCUT2D eigenvalue weighted by Crippen LogP contribution is -2.00. The average molecular weight is 262 g/mol. The van der Waals surface area contributed by atoms with Crippen LogP contribution in [0.5, 0.6) is 0 Å². The second kappa shape index (κ2) is 6.61. The highest BCUT2D eigenvalue weighted by atomic mass is 32.2. The number of nitrogens with zero attached hydrogens (tertiary/aromatic N) is 2. The standard InChI is InChI=1S/C14H18N2OS/c1-3-17-10-11-18-14-15-8-9-16(14)13-7-5-4-6-12(13)2/h4-9H,3,10-11H2,1-2H3. The summed E-state index contributed by atoms with van der Waals surface area (Å²) < 4.78 is 7.47. The summed E-state index contributed by atoms with van der Waals surface area (Å²) in [7, 11) is 0. The molecule has 2 aromatic rings. The Balaban J connectivity index is 2.10. The summed E-state index contributed by atoms with van der Waals surface area (Å²) in [6, 6.07) is 8.34. The Labute approximate surface area is 112 Å². The molecule has 0 saturated carbocycles. The van der Waals surface area contributed by atoms with Crippen molar-refractivity contribution in [2.75, 3.05) is 19.0 Å². The summed E-state index contributed by atoms with van der Waals surface area (Å²) in [5.41, 5.74) is 2.44. The maximum Gasteiger partial charge on any atom is 0.172 e. The number of rotatable bonds is 6. The van der Waals surface area contributed by atoms with Crippen LogP contribution in [0.4, 0.5) is 0 Å². The smallest absolute Gasteiger partial charge is 0.172 e. The molecule has 0 aliphatic heterocycles. The predicted molar refractivity (Wildman–Crippen MR) is 75.5 cm³/mol. The zero-order chi connectivity index (χ0) is 12.8. The molecular formula is C14H18N2OS. The molecule has 0 aliphatic rings. The van der Waals surface area contributed by atoms with Gasteiger partial charge in [-0.25, -0.2) is 4.98 Å². The van der Waals surface area contributed by atoms with E-state index in [-0.39, 0.29) is 0 Å². The lowest BCUT2D eigenvalue weighted by molar-refractivity contribution is 0.164. The number of benzene rings is 1. The van der Waals surface area contributed by atoms with Gasteiger partial charge in [-0.1, -0.05) is 30.0 Å². The number of hydrogen-bond donors (Lipinski definition) is 0.